The van der Waals surface area contributed by atoms with Gasteiger partial charge in [-0.3, -0.25) is 14.4 Å². The van der Waals surface area contributed by atoms with Crippen LogP contribution in [0.3, 0.4) is 0 Å². The summed E-state index contributed by atoms with van der Waals surface area (Å²) < 4.78 is 22.0. The predicted octanol–water partition coefficient (Wildman–Crippen LogP) is 4.90. The second kappa shape index (κ2) is 13.1. The summed E-state index contributed by atoms with van der Waals surface area (Å²) in [5.74, 6) is -1.01. The minimum atomic E-state index is -0.672. The second-order valence-electron chi connectivity index (χ2n) is 10.2. The van der Waals surface area contributed by atoms with E-state index in [-0.39, 0.29) is 18.6 Å². The van der Waals surface area contributed by atoms with Crippen molar-refractivity contribution in [2.45, 2.75) is 52.1 Å². The number of carbonyl (C=O) groups excluding carboxylic acids is 3. The Kier molecular flexibility index (Phi) is 9.89. The molecule has 198 valence electrons. The fourth-order valence-corrected chi connectivity index (χ4v) is 4.14. The molecule has 2 aromatic carbocycles. The Labute approximate surface area is 218 Å². The number of benzene rings is 2. The molecular formula is C30H36O7. The number of ketones is 1. The molecule has 0 fully saturated rings. The minimum absolute atomic E-state index is 0.0373. The Morgan fingerprint density at radius 3 is 1.84 bits per heavy atom. The van der Waals surface area contributed by atoms with E-state index < -0.39 is 29.4 Å². The van der Waals surface area contributed by atoms with E-state index in [1.807, 2.05) is 60.7 Å². The second-order valence-corrected chi connectivity index (χ2v) is 10.2. The van der Waals surface area contributed by atoms with Crippen molar-refractivity contribution in [3.05, 3.63) is 71.8 Å². The Morgan fingerprint density at radius 1 is 0.838 bits per heavy atom. The van der Waals surface area contributed by atoms with E-state index in [1.165, 1.54) is 7.11 Å². The van der Waals surface area contributed by atoms with Gasteiger partial charge < -0.3 is 18.9 Å². The molecule has 7 heteroatoms. The quantitative estimate of drug-likeness (QED) is 0.431. The van der Waals surface area contributed by atoms with Crippen LogP contribution in [-0.4, -0.2) is 43.6 Å². The Balaban J connectivity index is 1.89. The van der Waals surface area contributed by atoms with Gasteiger partial charge in [0.2, 0.25) is 0 Å². The number of esters is 2. The van der Waals surface area contributed by atoms with Crippen molar-refractivity contribution in [3.63, 3.8) is 0 Å². The van der Waals surface area contributed by atoms with Crippen LogP contribution in [0.25, 0.3) is 0 Å². The Hall–Kier alpha value is -3.61. The van der Waals surface area contributed by atoms with Gasteiger partial charge in [0, 0.05) is 12.3 Å². The van der Waals surface area contributed by atoms with Gasteiger partial charge in [-0.2, -0.15) is 0 Å². The van der Waals surface area contributed by atoms with Crippen LogP contribution in [0.5, 0.6) is 11.5 Å². The number of hydrogen-bond donors (Lipinski definition) is 0. The van der Waals surface area contributed by atoms with Crippen LogP contribution in [0.2, 0.25) is 0 Å². The molecule has 4 heterocycles. The third kappa shape index (κ3) is 9.41. The first kappa shape index (κ1) is 28.0. The molecule has 7 nitrogen and oxygen atoms in total. The molecule has 0 saturated carbocycles. The average Bonchev–Trinajstić information content (AvgIpc) is 2.85. The normalized spacial score (nSPS) is 19.8. The van der Waals surface area contributed by atoms with E-state index in [0.717, 1.165) is 11.1 Å². The summed E-state index contributed by atoms with van der Waals surface area (Å²) in [5, 5.41) is 0. The van der Waals surface area contributed by atoms with Crippen LogP contribution in [0.4, 0.5) is 0 Å². The van der Waals surface area contributed by atoms with Gasteiger partial charge in [-0.05, 0) is 81.2 Å². The number of rotatable bonds is 3. The smallest absolute Gasteiger partial charge is 0.309 e. The van der Waals surface area contributed by atoms with E-state index in [9.17, 15) is 14.4 Å². The lowest BCUT2D eigenvalue weighted by Gasteiger charge is -2.23. The molecule has 4 bridgehead atoms. The maximum absolute atomic E-state index is 13.5. The molecule has 2 atom stereocenters. The highest BCUT2D eigenvalue weighted by Gasteiger charge is 2.30. The van der Waals surface area contributed by atoms with Crippen molar-refractivity contribution in [1.82, 2.24) is 0 Å². The molecule has 0 amide bonds. The van der Waals surface area contributed by atoms with Crippen molar-refractivity contribution in [3.8, 4) is 11.5 Å². The van der Waals surface area contributed by atoms with Gasteiger partial charge in [0.1, 0.15) is 36.1 Å². The number of Topliss-reactive ketones (excluding diaryl/α,β-unsaturated/α-hetero) is 1. The van der Waals surface area contributed by atoms with Crippen LogP contribution in [-0.2, 0) is 36.7 Å². The molecule has 37 heavy (non-hydrogen) atoms. The molecule has 0 radical (unpaired) electrons. The average molecular weight is 509 g/mol. The molecule has 4 aliphatic rings. The zero-order valence-electron chi connectivity index (χ0n) is 22.0. The number of carbonyl (C=O) groups is 3. The standard InChI is InChI=1S/C30H36O7/c1-30(2,3)37-28(32)20-23-17-21-7-11-25(12-8-21)35-15-5-6-16-36-26-13-9-22(10-14-26)18-24(19-27(23)31)29(33)34-4/h5-14,23-24H,15-20H2,1-4H3/b6-5-/t23-,24+/m0/s1. The highest BCUT2D eigenvalue weighted by molar-refractivity contribution is 5.89. The molecule has 0 saturated heterocycles. The summed E-state index contributed by atoms with van der Waals surface area (Å²) in [4.78, 5) is 38.8. The summed E-state index contributed by atoms with van der Waals surface area (Å²) >= 11 is 0. The molecular weight excluding hydrogens is 472 g/mol. The third-order valence-electron chi connectivity index (χ3n) is 5.94. The van der Waals surface area contributed by atoms with Crippen LogP contribution in [0, 0.1) is 11.8 Å². The summed E-state index contributed by atoms with van der Waals surface area (Å²) in [5.41, 5.74) is 1.11. The Morgan fingerprint density at radius 2 is 1.35 bits per heavy atom. The van der Waals surface area contributed by atoms with Crippen molar-refractivity contribution in [2.24, 2.45) is 11.8 Å². The predicted molar refractivity (Wildman–Crippen MR) is 140 cm³/mol. The van der Waals surface area contributed by atoms with Crippen molar-refractivity contribution >= 4 is 17.7 Å². The van der Waals surface area contributed by atoms with Gasteiger partial charge >= 0.3 is 11.9 Å². The van der Waals surface area contributed by atoms with Crippen molar-refractivity contribution < 1.29 is 33.3 Å². The monoisotopic (exact) mass is 508 g/mol. The highest BCUT2D eigenvalue weighted by Crippen LogP contribution is 2.25. The maximum atomic E-state index is 13.5. The first-order chi connectivity index (χ1) is 17.6. The van der Waals surface area contributed by atoms with E-state index in [4.69, 9.17) is 18.9 Å². The van der Waals surface area contributed by atoms with Gasteiger partial charge in [-0.25, -0.2) is 0 Å². The largest absolute Gasteiger partial charge is 0.490 e. The molecule has 0 N–H and O–H groups in total. The highest BCUT2D eigenvalue weighted by atomic mass is 16.6. The lowest BCUT2D eigenvalue weighted by Crippen LogP contribution is -2.30. The summed E-state index contributed by atoms with van der Waals surface area (Å²) in [6.07, 6.45) is 4.35. The van der Waals surface area contributed by atoms with E-state index >= 15 is 0 Å². The first-order valence-corrected chi connectivity index (χ1v) is 12.5. The number of hydrogen-bond acceptors (Lipinski definition) is 7. The summed E-state index contributed by atoms with van der Waals surface area (Å²) in [6.45, 7) is 6.17. The number of ether oxygens (including phenoxy) is 4. The topological polar surface area (TPSA) is 88.1 Å². The Bertz CT molecular complexity index is 1080. The van der Waals surface area contributed by atoms with E-state index in [2.05, 4.69) is 0 Å². The molecule has 0 aromatic heterocycles. The minimum Gasteiger partial charge on any atom is -0.490 e. The molecule has 6 rings (SSSR count). The molecule has 4 aliphatic heterocycles. The zero-order chi connectivity index (χ0) is 26.8. The first-order valence-electron chi connectivity index (χ1n) is 12.5. The van der Waals surface area contributed by atoms with Gasteiger partial charge in [0.05, 0.1) is 19.4 Å². The fourth-order valence-electron chi connectivity index (χ4n) is 4.14. The lowest BCUT2D eigenvalue weighted by atomic mass is 9.85. The molecule has 0 spiro atoms. The van der Waals surface area contributed by atoms with Crippen LogP contribution in [0.1, 0.15) is 44.7 Å². The van der Waals surface area contributed by atoms with Gasteiger partial charge in [-0.15, -0.1) is 0 Å². The summed E-state index contributed by atoms with van der Waals surface area (Å²) in [6, 6.07) is 14.9. The van der Waals surface area contributed by atoms with E-state index in [1.54, 1.807) is 20.8 Å². The SMILES string of the molecule is COC(=O)[C@H]1CC(=O)[C@H](CC(=O)OC(C)(C)C)Cc2ccc(cc2)OC/C=C\COc2ccc(cc2)C1. The van der Waals surface area contributed by atoms with Crippen molar-refractivity contribution in [1.29, 1.82) is 0 Å². The third-order valence-corrected chi connectivity index (χ3v) is 5.94. The van der Waals surface area contributed by atoms with E-state index in [0.29, 0.717) is 37.6 Å². The maximum Gasteiger partial charge on any atom is 0.309 e. The molecule has 0 aliphatic carbocycles. The molecule has 2 aromatic rings. The number of methoxy groups -OCH3 is 1. The molecule has 0 unspecified atom stereocenters. The van der Waals surface area contributed by atoms with Crippen LogP contribution < -0.4 is 9.47 Å². The van der Waals surface area contributed by atoms with Gasteiger partial charge in [0.15, 0.2) is 0 Å². The fraction of sp³-hybridized carbons (Fsp3) is 0.433. The van der Waals surface area contributed by atoms with Gasteiger partial charge in [-0.1, -0.05) is 24.3 Å². The van der Waals surface area contributed by atoms with Gasteiger partial charge in [0.25, 0.3) is 0 Å². The zero-order valence-corrected chi connectivity index (χ0v) is 22.0. The lowest BCUT2D eigenvalue weighted by molar-refractivity contribution is -0.157. The van der Waals surface area contributed by atoms with Crippen molar-refractivity contribution in [2.75, 3.05) is 20.3 Å². The van der Waals surface area contributed by atoms with Crippen LogP contribution >= 0.6 is 0 Å². The summed E-state index contributed by atoms with van der Waals surface area (Å²) in [7, 11) is 1.32. The van der Waals surface area contributed by atoms with Crippen LogP contribution in [0.15, 0.2) is 60.7 Å².